The number of thioether (sulfide) groups is 2. The van der Waals surface area contributed by atoms with Gasteiger partial charge in [-0.25, -0.2) is 0 Å². The summed E-state index contributed by atoms with van der Waals surface area (Å²) in [6.07, 6.45) is 0. The van der Waals surface area contributed by atoms with Gasteiger partial charge < -0.3 is 9.47 Å². The number of benzene rings is 2. The first-order valence-corrected chi connectivity index (χ1v) is 10.6. The summed E-state index contributed by atoms with van der Waals surface area (Å²) in [6, 6.07) is 15.5. The Morgan fingerprint density at radius 2 is 1.77 bits per heavy atom. The lowest BCUT2D eigenvalue weighted by Crippen LogP contribution is -2.02. The van der Waals surface area contributed by atoms with Gasteiger partial charge in [-0.3, -0.25) is 4.79 Å². The monoisotopic (exact) mass is 402 g/mol. The molecule has 0 spiro atoms. The van der Waals surface area contributed by atoms with Crippen LogP contribution in [0, 0.1) is 0 Å². The van der Waals surface area contributed by atoms with Crippen LogP contribution in [0.2, 0.25) is 0 Å². The van der Waals surface area contributed by atoms with Crippen molar-refractivity contribution in [3.8, 4) is 11.5 Å². The Morgan fingerprint density at radius 1 is 1.00 bits per heavy atom. The van der Waals surface area contributed by atoms with Crippen LogP contribution in [0.3, 0.4) is 0 Å². The molecule has 26 heavy (non-hydrogen) atoms. The van der Waals surface area contributed by atoms with Crippen molar-refractivity contribution in [3.63, 3.8) is 0 Å². The smallest absolute Gasteiger partial charge is 0.231 e. The van der Waals surface area contributed by atoms with E-state index in [1.54, 1.807) is 30.0 Å². The van der Waals surface area contributed by atoms with Gasteiger partial charge in [-0.2, -0.15) is 0 Å². The highest BCUT2D eigenvalue weighted by molar-refractivity contribution is 8.03. The number of hydrogen-bond acceptors (Lipinski definition) is 8. The van der Waals surface area contributed by atoms with Crippen LogP contribution in [0.1, 0.15) is 15.9 Å². The van der Waals surface area contributed by atoms with E-state index in [2.05, 4.69) is 22.3 Å². The van der Waals surface area contributed by atoms with Crippen molar-refractivity contribution in [1.29, 1.82) is 0 Å². The molecule has 3 aromatic rings. The number of carbonyl (C=O) groups excluding carboxylic acids is 1. The third-order valence-corrected chi connectivity index (χ3v) is 6.88. The van der Waals surface area contributed by atoms with Crippen LogP contribution in [-0.4, -0.2) is 28.5 Å². The predicted octanol–water partition coefficient (Wildman–Crippen LogP) is 4.53. The van der Waals surface area contributed by atoms with Crippen molar-refractivity contribution in [3.05, 3.63) is 59.7 Å². The van der Waals surface area contributed by atoms with E-state index in [-0.39, 0.29) is 12.6 Å². The van der Waals surface area contributed by atoms with Crippen molar-refractivity contribution >= 4 is 40.6 Å². The first kappa shape index (κ1) is 17.4. The molecule has 8 heteroatoms. The van der Waals surface area contributed by atoms with E-state index in [1.165, 1.54) is 28.7 Å². The largest absolute Gasteiger partial charge is 0.454 e. The minimum Gasteiger partial charge on any atom is -0.454 e. The molecule has 0 N–H and O–H groups in total. The van der Waals surface area contributed by atoms with Crippen LogP contribution in [-0.2, 0) is 5.75 Å². The molecule has 0 saturated carbocycles. The number of nitrogens with zero attached hydrogens (tertiary/aromatic N) is 2. The molecule has 0 unspecified atom stereocenters. The normalized spacial score (nSPS) is 12.3. The summed E-state index contributed by atoms with van der Waals surface area (Å²) in [5.41, 5.74) is 1.87. The van der Waals surface area contributed by atoms with Gasteiger partial charge in [-0.15, -0.1) is 10.2 Å². The number of ketones is 1. The Morgan fingerprint density at radius 3 is 2.62 bits per heavy atom. The zero-order valence-electron chi connectivity index (χ0n) is 13.6. The zero-order valence-corrected chi connectivity index (χ0v) is 16.0. The van der Waals surface area contributed by atoms with Gasteiger partial charge in [0.05, 0.1) is 5.75 Å². The molecule has 0 aliphatic carbocycles. The molecule has 1 aliphatic heterocycles. The molecule has 2 aromatic carbocycles. The molecular formula is C18H14N2O3S3. The summed E-state index contributed by atoms with van der Waals surface area (Å²) in [4.78, 5) is 12.4. The SMILES string of the molecule is O=C(CSc1nnc(SCc2ccccc2)s1)c1ccc2c(c1)OCO2. The summed E-state index contributed by atoms with van der Waals surface area (Å²) in [7, 11) is 0. The van der Waals surface area contributed by atoms with E-state index < -0.39 is 0 Å². The number of carbonyl (C=O) groups is 1. The summed E-state index contributed by atoms with van der Waals surface area (Å²) in [6.45, 7) is 0.204. The Kier molecular flexibility index (Phi) is 5.42. The number of Topliss-reactive ketones (excluding diaryl/α,β-unsaturated/α-hetero) is 1. The Balaban J connectivity index is 1.31. The fourth-order valence-corrected chi connectivity index (χ4v) is 5.18. The Hall–Kier alpha value is -2.03. The average Bonchev–Trinajstić information content (AvgIpc) is 3.33. The number of rotatable bonds is 7. The molecule has 132 valence electrons. The van der Waals surface area contributed by atoms with Crippen LogP contribution in [0.5, 0.6) is 11.5 Å². The van der Waals surface area contributed by atoms with E-state index >= 15 is 0 Å². The molecule has 0 bridgehead atoms. The maximum Gasteiger partial charge on any atom is 0.231 e. The standard InChI is InChI=1S/C18H14N2O3S3/c21-14(13-6-7-15-16(8-13)23-11-22-15)10-25-18-20-19-17(26-18)24-9-12-4-2-1-3-5-12/h1-8H,9-11H2. The molecule has 0 saturated heterocycles. The first-order valence-electron chi connectivity index (χ1n) is 7.84. The number of fused-ring (bicyclic) bond motifs is 1. The second kappa shape index (κ2) is 8.11. The topological polar surface area (TPSA) is 61.3 Å². The van der Waals surface area contributed by atoms with Gasteiger partial charge in [-0.1, -0.05) is 65.2 Å². The third kappa shape index (κ3) is 4.20. The highest BCUT2D eigenvalue weighted by Gasteiger charge is 2.17. The van der Waals surface area contributed by atoms with Crippen LogP contribution in [0.4, 0.5) is 0 Å². The van der Waals surface area contributed by atoms with E-state index in [4.69, 9.17) is 9.47 Å². The number of aromatic nitrogens is 2. The quantitative estimate of drug-likeness (QED) is 0.425. The van der Waals surface area contributed by atoms with Crippen molar-refractivity contribution in [1.82, 2.24) is 10.2 Å². The zero-order chi connectivity index (χ0) is 17.8. The van der Waals surface area contributed by atoms with Gasteiger partial charge in [0.2, 0.25) is 6.79 Å². The van der Waals surface area contributed by atoms with Gasteiger partial charge in [0, 0.05) is 11.3 Å². The minimum absolute atomic E-state index is 0.0296. The van der Waals surface area contributed by atoms with Crippen LogP contribution in [0.15, 0.2) is 57.2 Å². The minimum atomic E-state index is 0.0296. The molecule has 0 fully saturated rings. The van der Waals surface area contributed by atoms with E-state index in [1.807, 2.05) is 18.2 Å². The van der Waals surface area contributed by atoms with Gasteiger partial charge in [0.25, 0.3) is 0 Å². The highest BCUT2D eigenvalue weighted by Crippen LogP contribution is 2.34. The molecule has 4 rings (SSSR count). The second-order valence-corrected chi connectivity index (χ2v) is 8.81. The van der Waals surface area contributed by atoms with Crippen LogP contribution >= 0.6 is 34.9 Å². The van der Waals surface area contributed by atoms with Gasteiger partial charge >= 0.3 is 0 Å². The maximum absolute atomic E-state index is 12.4. The Bertz CT molecular complexity index is 915. The summed E-state index contributed by atoms with van der Waals surface area (Å²) < 4.78 is 12.3. The third-order valence-electron chi connectivity index (χ3n) is 3.61. The van der Waals surface area contributed by atoms with Crippen molar-refractivity contribution in [2.24, 2.45) is 0 Å². The molecular weight excluding hydrogens is 388 g/mol. The van der Waals surface area contributed by atoms with E-state index in [0.29, 0.717) is 22.8 Å². The fourth-order valence-electron chi connectivity index (χ4n) is 2.31. The lowest BCUT2D eigenvalue weighted by Gasteiger charge is -2.01. The lowest BCUT2D eigenvalue weighted by molar-refractivity contribution is 0.102. The molecule has 0 atom stereocenters. The molecule has 1 aliphatic rings. The summed E-state index contributed by atoms with van der Waals surface area (Å²) in [5.74, 6) is 2.50. The van der Waals surface area contributed by atoms with Gasteiger partial charge in [0.1, 0.15) is 0 Å². The number of ether oxygens (including phenoxy) is 2. The second-order valence-electron chi connectivity index (χ2n) is 5.39. The lowest BCUT2D eigenvalue weighted by atomic mass is 10.1. The summed E-state index contributed by atoms with van der Waals surface area (Å²) in [5, 5.41) is 8.36. The van der Waals surface area contributed by atoms with E-state index in [9.17, 15) is 4.79 Å². The van der Waals surface area contributed by atoms with Crippen molar-refractivity contribution < 1.29 is 14.3 Å². The van der Waals surface area contributed by atoms with Crippen molar-refractivity contribution in [2.75, 3.05) is 12.5 Å². The van der Waals surface area contributed by atoms with Gasteiger partial charge in [0.15, 0.2) is 26.0 Å². The molecule has 0 radical (unpaired) electrons. The maximum atomic E-state index is 12.4. The molecule has 0 amide bonds. The Labute approximate surface area is 163 Å². The average molecular weight is 403 g/mol. The highest BCUT2D eigenvalue weighted by atomic mass is 32.2. The number of hydrogen-bond donors (Lipinski definition) is 0. The predicted molar refractivity (Wildman–Crippen MR) is 104 cm³/mol. The molecule has 5 nitrogen and oxygen atoms in total. The summed E-state index contributed by atoms with van der Waals surface area (Å²) >= 11 is 4.58. The van der Waals surface area contributed by atoms with Gasteiger partial charge in [-0.05, 0) is 23.8 Å². The van der Waals surface area contributed by atoms with Crippen molar-refractivity contribution in [2.45, 2.75) is 14.4 Å². The fraction of sp³-hybridized carbons (Fsp3) is 0.167. The first-order chi connectivity index (χ1) is 12.8. The van der Waals surface area contributed by atoms with Crippen LogP contribution < -0.4 is 9.47 Å². The van der Waals surface area contributed by atoms with E-state index in [0.717, 1.165) is 14.4 Å². The molecule has 1 aromatic heterocycles. The molecule has 2 heterocycles. The van der Waals surface area contributed by atoms with Crippen LogP contribution in [0.25, 0.3) is 0 Å².